The van der Waals surface area contributed by atoms with E-state index in [1.54, 1.807) is 6.20 Å². The number of carbonyl (C=O) groups excluding carboxylic acids is 1. The van der Waals surface area contributed by atoms with Crippen molar-refractivity contribution in [1.29, 1.82) is 0 Å². The van der Waals surface area contributed by atoms with Crippen molar-refractivity contribution in [1.82, 2.24) is 9.88 Å². The molecule has 1 amide bonds. The number of carbonyl (C=O) groups is 1. The maximum atomic E-state index is 13.1. The van der Waals surface area contributed by atoms with Crippen LogP contribution in [0.15, 0.2) is 24.4 Å². The molecule has 0 aromatic carbocycles. The van der Waals surface area contributed by atoms with E-state index in [0.29, 0.717) is 12.5 Å². The predicted octanol–water partition coefficient (Wildman–Crippen LogP) is 3.26. The topological polar surface area (TPSA) is 33.2 Å². The van der Waals surface area contributed by atoms with Crippen LogP contribution in [0.3, 0.4) is 0 Å². The van der Waals surface area contributed by atoms with Gasteiger partial charge in [-0.15, -0.1) is 0 Å². The molecule has 4 saturated carbocycles. The zero-order chi connectivity index (χ0) is 14.4. The highest BCUT2D eigenvalue weighted by atomic mass is 16.2. The summed E-state index contributed by atoms with van der Waals surface area (Å²) in [5.74, 6) is 2.85. The summed E-state index contributed by atoms with van der Waals surface area (Å²) in [4.78, 5) is 19.4. The molecule has 3 heteroatoms. The number of hydrogen-bond donors (Lipinski definition) is 0. The first-order valence-electron chi connectivity index (χ1n) is 8.30. The fourth-order valence-electron chi connectivity index (χ4n) is 5.58. The smallest absolute Gasteiger partial charge is 0.228 e. The van der Waals surface area contributed by atoms with E-state index in [1.165, 1.54) is 19.3 Å². The summed E-state index contributed by atoms with van der Waals surface area (Å²) in [5, 5.41) is 0. The molecule has 4 aliphatic carbocycles. The lowest BCUT2D eigenvalue weighted by molar-refractivity contribution is -0.156. The summed E-state index contributed by atoms with van der Waals surface area (Å²) in [7, 11) is 1.95. The van der Waals surface area contributed by atoms with E-state index < -0.39 is 0 Å². The van der Waals surface area contributed by atoms with Crippen LogP contribution in [-0.2, 0) is 11.3 Å². The molecular weight excluding hydrogens is 260 g/mol. The number of amides is 1. The summed E-state index contributed by atoms with van der Waals surface area (Å²) < 4.78 is 0. The van der Waals surface area contributed by atoms with Gasteiger partial charge in [0.05, 0.1) is 17.7 Å². The van der Waals surface area contributed by atoms with Gasteiger partial charge in [0, 0.05) is 13.2 Å². The van der Waals surface area contributed by atoms with Gasteiger partial charge in [-0.05, 0) is 68.4 Å². The molecule has 4 aliphatic rings. The van der Waals surface area contributed by atoms with Crippen molar-refractivity contribution in [2.24, 2.45) is 23.2 Å². The third-order valence-corrected chi connectivity index (χ3v) is 5.96. The minimum absolute atomic E-state index is 0.0295. The molecule has 1 aromatic heterocycles. The highest BCUT2D eigenvalue weighted by Gasteiger charge is 2.55. The highest BCUT2D eigenvalue weighted by Crippen LogP contribution is 2.60. The standard InChI is InChI=1S/C18H24N2O/c1-20(12-16-4-2-3-5-19-16)17(21)18-9-13-6-14(10-18)8-15(7-13)11-18/h2-5,13-15H,6-12H2,1H3. The summed E-state index contributed by atoms with van der Waals surface area (Å²) in [6.07, 6.45) is 9.39. The normalized spacial score (nSPS) is 36.7. The molecular formula is C18H24N2O. The van der Waals surface area contributed by atoms with Crippen LogP contribution in [0.4, 0.5) is 0 Å². The predicted molar refractivity (Wildman–Crippen MR) is 81.3 cm³/mol. The molecule has 3 nitrogen and oxygen atoms in total. The molecule has 4 bridgehead atoms. The van der Waals surface area contributed by atoms with Crippen molar-refractivity contribution in [3.8, 4) is 0 Å². The fraction of sp³-hybridized carbons (Fsp3) is 0.667. The first kappa shape index (κ1) is 13.3. The van der Waals surface area contributed by atoms with Crippen LogP contribution in [0.1, 0.15) is 44.2 Å². The minimum Gasteiger partial charge on any atom is -0.339 e. The highest BCUT2D eigenvalue weighted by molar-refractivity contribution is 5.83. The Morgan fingerprint density at radius 3 is 2.33 bits per heavy atom. The quantitative estimate of drug-likeness (QED) is 0.853. The molecule has 0 unspecified atom stereocenters. The Balaban J connectivity index is 1.51. The Kier molecular flexibility index (Phi) is 3.05. The second-order valence-corrected chi connectivity index (χ2v) is 7.68. The third kappa shape index (κ3) is 2.27. The lowest BCUT2D eigenvalue weighted by Crippen LogP contribution is -2.53. The van der Waals surface area contributed by atoms with Crippen LogP contribution < -0.4 is 0 Å². The van der Waals surface area contributed by atoms with Gasteiger partial charge in [-0.3, -0.25) is 9.78 Å². The van der Waals surface area contributed by atoms with Crippen LogP contribution in [-0.4, -0.2) is 22.8 Å². The van der Waals surface area contributed by atoms with Crippen molar-refractivity contribution in [2.45, 2.75) is 45.1 Å². The first-order valence-corrected chi connectivity index (χ1v) is 8.30. The number of hydrogen-bond acceptors (Lipinski definition) is 2. The number of rotatable bonds is 3. The minimum atomic E-state index is -0.0295. The number of aromatic nitrogens is 1. The van der Waals surface area contributed by atoms with E-state index in [1.807, 2.05) is 30.1 Å². The SMILES string of the molecule is CN(Cc1ccccn1)C(=O)C12CC3CC(CC(C3)C1)C2. The van der Waals surface area contributed by atoms with E-state index in [4.69, 9.17) is 0 Å². The average molecular weight is 284 g/mol. The molecule has 21 heavy (non-hydrogen) atoms. The fourth-order valence-corrected chi connectivity index (χ4v) is 5.58. The molecule has 0 saturated heterocycles. The lowest BCUT2D eigenvalue weighted by atomic mass is 9.49. The zero-order valence-corrected chi connectivity index (χ0v) is 12.8. The molecule has 0 radical (unpaired) electrons. The van der Waals surface area contributed by atoms with Gasteiger partial charge in [-0.25, -0.2) is 0 Å². The third-order valence-electron chi connectivity index (χ3n) is 5.96. The van der Waals surface area contributed by atoms with Crippen molar-refractivity contribution in [3.05, 3.63) is 30.1 Å². The van der Waals surface area contributed by atoms with Crippen molar-refractivity contribution < 1.29 is 4.79 Å². The van der Waals surface area contributed by atoms with Gasteiger partial charge in [-0.1, -0.05) is 6.07 Å². The summed E-state index contributed by atoms with van der Waals surface area (Å²) in [5.41, 5.74) is 0.955. The Hall–Kier alpha value is -1.38. The zero-order valence-electron chi connectivity index (χ0n) is 12.8. The second kappa shape index (κ2) is 4.82. The molecule has 112 valence electrons. The van der Waals surface area contributed by atoms with Gasteiger partial charge in [0.15, 0.2) is 0 Å². The van der Waals surface area contributed by atoms with Gasteiger partial charge in [-0.2, -0.15) is 0 Å². The summed E-state index contributed by atoms with van der Waals surface area (Å²) >= 11 is 0. The molecule has 0 atom stereocenters. The van der Waals surface area contributed by atoms with Crippen molar-refractivity contribution in [3.63, 3.8) is 0 Å². The van der Waals surface area contributed by atoms with E-state index >= 15 is 0 Å². The van der Waals surface area contributed by atoms with Crippen LogP contribution in [0.25, 0.3) is 0 Å². The van der Waals surface area contributed by atoms with Crippen LogP contribution >= 0.6 is 0 Å². The van der Waals surface area contributed by atoms with E-state index in [-0.39, 0.29) is 5.41 Å². The van der Waals surface area contributed by atoms with Crippen molar-refractivity contribution >= 4 is 5.91 Å². The number of pyridine rings is 1. The van der Waals surface area contributed by atoms with Gasteiger partial charge < -0.3 is 4.90 Å². The monoisotopic (exact) mass is 284 g/mol. The molecule has 4 fully saturated rings. The molecule has 1 heterocycles. The number of nitrogens with zero attached hydrogens (tertiary/aromatic N) is 2. The van der Waals surface area contributed by atoms with E-state index in [9.17, 15) is 4.79 Å². The molecule has 1 aromatic rings. The largest absolute Gasteiger partial charge is 0.339 e. The summed E-state index contributed by atoms with van der Waals surface area (Å²) in [6.45, 7) is 0.640. The maximum absolute atomic E-state index is 13.1. The second-order valence-electron chi connectivity index (χ2n) is 7.68. The Morgan fingerprint density at radius 2 is 1.81 bits per heavy atom. The molecule has 0 aliphatic heterocycles. The van der Waals surface area contributed by atoms with E-state index in [0.717, 1.165) is 42.7 Å². The average Bonchev–Trinajstić information content (AvgIpc) is 2.46. The van der Waals surface area contributed by atoms with Crippen LogP contribution in [0.5, 0.6) is 0 Å². The van der Waals surface area contributed by atoms with Crippen molar-refractivity contribution in [2.75, 3.05) is 7.05 Å². The van der Waals surface area contributed by atoms with Crippen LogP contribution in [0.2, 0.25) is 0 Å². The van der Waals surface area contributed by atoms with Crippen LogP contribution in [0, 0.1) is 23.2 Å². The van der Waals surface area contributed by atoms with Gasteiger partial charge >= 0.3 is 0 Å². The first-order chi connectivity index (χ1) is 10.1. The Labute approximate surface area is 126 Å². The Bertz CT molecular complexity index is 504. The van der Waals surface area contributed by atoms with Gasteiger partial charge in [0.2, 0.25) is 5.91 Å². The maximum Gasteiger partial charge on any atom is 0.228 e. The van der Waals surface area contributed by atoms with Gasteiger partial charge in [0.1, 0.15) is 0 Å². The van der Waals surface area contributed by atoms with Gasteiger partial charge in [0.25, 0.3) is 0 Å². The molecule has 5 rings (SSSR count). The lowest BCUT2D eigenvalue weighted by Gasteiger charge is -2.56. The molecule has 0 N–H and O–H groups in total. The summed E-state index contributed by atoms with van der Waals surface area (Å²) in [6, 6.07) is 5.92. The Morgan fingerprint density at radius 1 is 1.19 bits per heavy atom. The molecule has 0 spiro atoms. The van der Waals surface area contributed by atoms with E-state index in [2.05, 4.69) is 4.98 Å².